The largest absolute Gasteiger partial charge is 0.404 e. The van der Waals surface area contributed by atoms with Crippen LogP contribution in [0.4, 0.5) is 13.2 Å². The number of alkyl halides is 4. The molecular formula is C19H27ClF3NO3. The number of carbonyl (C=O) groups is 1. The maximum absolute atomic E-state index is 13.2. The molecule has 27 heavy (non-hydrogen) atoms. The number of benzene rings is 1. The van der Waals surface area contributed by atoms with Crippen LogP contribution < -0.4 is 5.32 Å². The molecule has 0 fully saturated rings. The maximum atomic E-state index is 13.2. The fourth-order valence-electron chi connectivity index (χ4n) is 2.46. The molecule has 0 saturated carbocycles. The van der Waals surface area contributed by atoms with Crippen LogP contribution in [-0.2, 0) is 14.3 Å². The number of hydrogen-bond acceptors (Lipinski definition) is 3. The number of ether oxygens (including phenoxy) is 2. The molecule has 1 atom stereocenters. The van der Waals surface area contributed by atoms with E-state index >= 15 is 0 Å². The van der Waals surface area contributed by atoms with E-state index in [0.717, 1.165) is 25.7 Å². The van der Waals surface area contributed by atoms with Gasteiger partial charge in [0.1, 0.15) is 0 Å². The van der Waals surface area contributed by atoms with Crippen molar-refractivity contribution in [2.45, 2.75) is 37.8 Å². The van der Waals surface area contributed by atoms with Crippen molar-refractivity contribution < 1.29 is 27.4 Å². The average molecular weight is 410 g/mol. The van der Waals surface area contributed by atoms with Gasteiger partial charge in [0.25, 0.3) is 0 Å². The Labute approximate surface area is 163 Å². The van der Waals surface area contributed by atoms with Gasteiger partial charge in [0.2, 0.25) is 5.91 Å². The number of rotatable bonds is 14. The summed E-state index contributed by atoms with van der Waals surface area (Å²) in [5.74, 6) is -2.58. The monoisotopic (exact) mass is 409 g/mol. The van der Waals surface area contributed by atoms with E-state index in [2.05, 4.69) is 5.32 Å². The zero-order valence-corrected chi connectivity index (χ0v) is 16.0. The number of halogens is 4. The Morgan fingerprint density at radius 1 is 0.963 bits per heavy atom. The zero-order chi connectivity index (χ0) is 20.0. The molecule has 0 heterocycles. The van der Waals surface area contributed by atoms with Crippen molar-refractivity contribution in [1.29, 1.82) is 0 Å². The van der Waals surface area contributed by atoms with E-state index in [1.54, 1.807) is 6.07 Å². The molecular weight excluding hydrogens is 383 g/mol. The van der Waals surface area contributed by atoms with Crippen LogP contribution in [0, 0.1) is 0 Å². The normalized spacial score (nSPS) is 12.7. The smallest absolute Gasteiger partial charge is 0.379 e. The molecule has 1 rings (SSSR count). The summed E-state index contributed by atoms with van der Waals surface area (Å²) in [4.78, 5) is 12.0. The molecule has 0 radical (unpaired) electrons. The van der Waals surface area contributed by atoms with E-state index in [4.69, 9.17) is 21.1 Å². The van der Waals surface area contributed by atoms with Crippen LogP contribution >= 0.6 is 11.6 Å². The fraction of sp³-hybridized carbons (Fsp3) is 0.632. The Balaban J connectivity index is 2.15. The molecule has 1 N–H and O–H groups in total. The minimum atomic E-state index is -4.65. The van der Waals surface area contributed by atoms with Crippen molar-refractivity contribution in [3.05, 3.63) is 35.9 Å². The highest BCUT2D eigenvalue weighted by atomic mass is 35.5. The maximum Gasteiger partial charge on any atom is 0.404 e. The van der Waals surface area contributed by atoms with Gasteiger partial charge >= 0.3 is 6.18 Å². The third-order valence-corrected chi connectivity index (χ3v) is 4.08. The SMILES string of the molecule is O=C(NCCOCCOCCCCCCCl)[C@H](c1ccccc1)C(F)(F)F. The van der Waals surface area contributed by atoms with Crippen LogP contribution in [0.3, 0.4) is 0 Å². The molecule has 154 valence electrons. The van der Waals surface area contributed by atoms with Crippen LogP contribution in [0.25, 0.3) is 0 Å². The standard InChI is InChI=1S/C19H27ClF3NO3/c20-10-6-1-2-7-12-26-14-15-27-13-11-24-18(25)17(19(21,22)23)16-8-4-3-5-9-16/h3-5,8-9,17H,1-2,6-7,10-15H2,(H,24,25)/t17-/m0/s1. The molecule has 1 aromatic rings. The molecule has 0 saturated heterocycles. The summed E-state index contributed by atoms with van der Waals surface area (Å²) < 4.78 is 50.2. The van der Waals surface area contributed by atoms with Gasteiger partial charge in [-0.15, -0.1) is 11.6 Å². The zero-order valence-electron chi connectivity index (χ0n) is 15.3. The second kappa shape index (κ2) is 13.8. The summed E-state index contributed by atoms with van der Waals surface area (Å²) in [6.45, 7) is 1.53. The average Bonchev–Trinajstić information content (AvgIpc) is 2.62. The first kappa shape index (κ1) is 23.7. The first-order valence-electron chi connectivity index (χ1n) is 9.07. The lowest BCUT2D eigenvalue weighted by Crippen LogP contribution is -2.39. The van der Waals surface area contributed by atoms with Crippen molar-refractivity contribution in [3.8, 4) is 0 Å². The van der Waals surface area contributed by atoms with Crippen molar-refractivity contribution in [2.24, 2.45) is 0 Å². The summed E-state index contributed by atoms with van der Waals surface area (Å²) in [6.07, 6.45) is -0.516. The lowest BCUT2D eigenvalue weighted by molar-refractivity contribution is -0.165. The van der Waals surface area contributed by atoms with Gasteiger partial charge in [-0.25, -0.2) is 0 Å². The summed E-state index contributed by atoms with van der Waals surface area (Å²) in [5, 5.41) is 2.28. The van der Waals surface area contributed by atoms with E-state index in [1.807, 2.05) is 0 Å². The van der Waals surface area contributed by atoms with E-state index in [9.17, 15) is 18.0 Å². The molecule has 1 amide bonds. The molecule has 0 aromatic heterocycles. The third kappa shape index (κ3) is 10.6. The highest BCUT2D eigenvalue weighted by Gasteiger charge is 2.45. The second-order valence-electron chi connectivity index (χ2n) is 6.00. The second-order valence-corrected chi connectivity index (χ2v) is 6.38. The summed E-state index contributed by atoms with van der Waals surface area (Å²) >= 11 is 5.59. The van der Waals surface area contributed by atoms with E-state index in [-0.39, 0.29) is 18.7 Å². The van der Waals surface area contributed by atoms with Crippen LogP contribution in [0.1, 0.15) is 37.2 Å². The predicted octanol–water partition coefficient (Wildman–Crippen LogP) is 4.28. The Morgan fingerprint density at radius 3 is 2.22 bits per heavy atom. The van der Waals surface area contributed by atoms with Gasteiger partial charge in [-0.05, 0) is 18.4 Å². The van der Waals surface area contributed by atoms with Gasteiger partial charge in [-0.1, -0.05) is 43.2 Å². The van der Waals surface area contributed by atoms with Crippen molar-refractivity contribution in [3.63, 3.8) is 0 Å². The first-order valence-corrected chi connectivity index (χ1v) is 9.61. The molecule has 0 aliphatic carbocycles. The Bertz CT molecular complexity index is 515. The van der Waals surface area contributed by atoms with Crippen molar-refractivity contribution in [2.75, 3.05) is 38.9 Å². The Kier molecular flexibility index (Phi) is 12.1. The van der Waals surface area contributed by atoms with Gasteiger partial charge < -0.3 is 14.8 Å². The van der Waals surface area contributed by atoms with Gasteiger partial charge in [-0.3, -0.25) is 4.79 Å². The molecule has 0 aliphatic rings. The third-order valence-electron chi connectivity index (χ3n) is 3.81. The number of hydrogen-bond donors (Lipinski definition) is 1. The first-order chi connectivity index (χ1) is 13.0. The van der Waals surface area contributed by atoms with E-state index in [1.165, 1.54) is 24.3 Å². The molecule has 0 spiro atoms. The van der Waals surface area contributed by atoms with Gasteiger partial charge in [0, 0.05) is 19.0 Å². The van der Waals surface area contributed by atoms with Gasteiger partial charge in [-0.2, -0.15) is 13.2 Å². The van der Waals surface area contributed by atoms with E-state index < -0.39 is 18.0 Å². The predicted molar refractivity (Wildman–Crippen MR) is 99.1 cm³/mol. The quantitative estimate of drug-likeness (QED) is 0.368. The molecule has 0 aliphatic heterocycles. The number of carbonyl (C=O) groups excluding carboxylic acids is 1. The lowest BCUT2D eigenvalue weighted by Gasteiger charge is -2.20. The topological polar surface area (TPSA) is 47.6 Å². The molecule has 4 nitrogen and oxygen atoms in total. The van der Waals surface area contributed by atoms with Crippen LogP contribution in [0.2, 0.25) is 0 Å². The number of nitrogens with one attached hydrogen (secondary N) is 1. The minimum Gasteiger partial charge on any atom is -0.379 e. The minimum absolute atomic E-state index is 0.0106. The van der Waals surface area contributed by atoms with E-state index in [0.29, 0.717) is 25.7 Å². The number of amides is 1. The Morgan fingerprint density at radius 2 is 1.59 bits per heavy atom. The summed E-state index contributed by atoms with van der Waals surface area (Å²) in [7, 11) is 0. The molecule has 0 unspecified atom stereocenters. The van der Waals surface area contributed by atoms with Crippen LogP contribution in [0.15, 0.2) is 30.3 Å². The Hall–Kier alpha value is -1.31. The lowest BCUT2D eigenvalue weighted by atomic mass is 9.97. The fourth-order valence-corrected chi connectivity index (χ4v) is 2.65. The van der Waals surface area contributed by atoms with Crippen LogP contribution in [0.5, 0.6) is 0 Å². The van der Waals surface area contributed by atoms with Crippen LogP contribution in [-0.4, -0.2) is 50.9 Å². The highest BCUT2D eigenvalue weighted by molar-refractivity contribution is 6.17. The number of unbranched alkanes of at least 4 members (excludes halogenated alkanes) is 3. The summed E-state index contributed by atoms with van der Waals surface area (Å²) in [6, 6.07) is 7.14. The van der Waals surface area contributed by atoms with Crippen molar-refractivity contribution >= 4 is 17.5 Å². The molecule has 1 aromatic carbocycles. The molecule has 0 bridgehead atoms. The van der Waals surface area contributed by atoms with Gasteiger partial charge in [0.15, 0.2) is 5.92 Å². The van der Waals surface area contributed by atoms with Gasteiger partial charge in [0.05, 0.1) is 19.8 Å². The molecule has 8 heteroatoms. The highest BCUT2D eigenvalue weighted by Crippen LogP contribution is 2.34. The van der Waals surface area contributed by atoms with Crippen molar-refractivity contribution in [1.82, 2.24) is 5.32 Å². The summed E-state index contributed by atoms with van der Waals surface area (Å²) in [5.41, 5.74) is -0.0807.